The number of hydrogen-bond acceptors (Lipinski definition) is 5. The monoisotopic (exact) mass is 364 g/mol. The van der Waals surface area contributed by atoms with Gasteiger partial charge in [-0.1, -0.05) is 6.07 Å². The molecule has 27 heavy (non-hydrogen) atoms. The molecule has 1 aliphatic rings. The number of anilines is 2. The third-order valence-electron chi connectivity index (χ3n) is 4.94. The minimum atomic E-state index is -0.215. The maximum atomic E-state index is 12.6. The van der Waals surface area contributed by atoms with Gasteiger partial charge in [0.1, 0.15) is 5.75 Å². The molecular weight excluding hydrogens is 340 g/mol. The molecular formula is C21H24N4O2. The van der Waals surface area contributed by atoms with Crippen molar-refractivity contribution < 1.29 is 9.53 Å². The fourth-order valence-electron chi connectivity index (χ4n) is 3.22. The van der Waals surface area contributed by atoms with E-state index in [0.29, 0.717) is 11.3 Å². The standard InChI is InChI=1S/C21H24N4O2/c1-16(21(26)23-18-8-6-17(15-22)7-9-18)24-10-12-25(13-11-24)19-4-3-5-20(14-19)27-2/h3-9,14,16H,10-13H2,1-2H3,(H,23,26)/t16-/m0/s1. The van der Waals surface area contributed by atoms with Crippen LogP contribution in [0.5, 0.6) is 5.75 Å². The van der Waals surface area contributed by atoms with Gasteiger partial charge in [0, 0.05) is 43.6 Å². The van der Waals surface area contributed by atoms with Gasteiger partial charge in [-0.15, -0.1) is 0 Å². The van der Waals surface area contributed by atoms with E-state index in [2.05, 4.69) is 27.3 Å². The summed E-state index contributed by atoms with van der Waals surface area (Å²) in [5, 5.41) is 11.8. The molecule has 1 N–H and O–H groups in total. The molecule has 140 valence electrons. The van der Waals surface area contributed by atoms with E-state index in [0.717, 1.165) is 37.6 Å². The van der Waals surface area contributed by atoms with Crippen LogP contribution in [0.2, 0.25) is 0 Å². The first-order valence-corrected chi connectivity index (χ1v) is 9.05. The van der Waals surface area contributed by atoms with Gasteiger partial charge in [0.25, 0.3) is 0 Å². The largest absolute Gasteiger partial charge is 0.497 e. The highest BCUT2D eigenvalue weighted by atomic mass is 16.5. The molecule has 0 spiro atoms. The predicted molar refractivity (Wildman–Crippen MR) is 106 cm³/mol. The van der Waals surface area contributed by atoms with Crippen LogP contribution >= 0.6 is 0 Å². The van der Waals surface area contributed by atoms with E-state index >= 15 is 0 Å². The van der Waals surface area contributed by atoms with Crippen molar-refractivity contribution in [2.24, 2.45) is 0 Å². The highest BCUT2D eigenvalue weighted by Crippen LogP contribution is 2.22. The van der Waals surface area contributed by atoms with Crippen molar-refractivity contribution >= 4 is 17.3 Å². The van der Waals surface area contributed by atoms with E-state index in [9.17, 15) is 4.79 Å². The first-order valence-electron chi connectivity index (χ1n) is 9.05. The van der Waals surface area contributed by atoms with Gasteiger partial charge >= 0.3 is 0 Å². The second-order valence-electron chi connectivity index (χ2n) is 6.58. The van der Waals surface area contributed by atoms with Gasteiger partial charge in [-0.05, 0) is 43.3 Å². The molecule has 0 saturated carbocycles. The lowest BCUT2D eigenvalue weighted by molar-refractivity contribution is -0.120. The van der Waals surface area contributed by atoms with Crippen molar-refractivity contribution in [1.29, 1.82) is 5.26 Å². The first kappa shape index (κ1) is 18.7. The summed E-state index contributed by atoms with van der Waals surface area (Å²) in [5.74, 6) is 0.819. The number of ether oxygens (including phenoxy) is 1. The van der Waals surface area contributed by atoms with Crippen LogP contribution in [0.4, 0.5) is 11.4 Å². The van der Waals surface area contributed by atoms with Crippen LogP contribution in [0.1, 0.15) is 12.5 Å². The molecule has 0 unspecified atom stereocenters. The molecule has 3 rings (SSSR count). The highest BCUT2D eigenvalue weighted by Gasteiger charge is 2.25. The fourth-order valence-corrected chi connectivity index (χ4v) is 3.22. The highest BCUT2D eigenvalue weighted by molar-refractivity contribution is 5.94. The van der Waals surface area contributed by atoms with Crippen LogP contribution in [-0.2, 0) is 4.79 Å². The Morgan fingerprint density at radius 2 is 1.85 bits per heavy atom. The van der Waals surface area contributed by atoms with Gasteiger partial charge in [0.05, 0.1) is 24.8 Å². The molecule has 1 saturated heterocycles. The van der Waals surface area contributed by atoms with Gasteiger partial charge in [0.15, 0.2) is 0 Å². The fraction of sp³-hybridized carbons (Fsp3) is 0.333. The second kappa shape index (κ2) is 8.56. The molecule has 2 aromatic rings. The number of piperazine rings is 1. The van der Waals surface area contributed by atoms with E-state index in [1.165, 1.54) is 0 Å². The van der Waals surface area contributed by atoms with Crippen molar-refractivity contribution in [3.05, 3.63) is 54.1 Å². The summed E-state index contributed by atoms with van der Waals surface area (Å²) in [4.78, 5) is 17.1. The Labute approximate surface area is 160 Å². The number of amides is 1. The summed E-state index contributed by atoms with van der Waals surface area (Å²) < 4.78 is 5.30. The Bertz CT molecular complexity index is 821. The molecule has 0 radical (unpaired) electrons. The Morgan fingerprint density at radius 3 is 2.48 bits per heavy atom. The summed E-state index contributed by atoms with van der Waals surface area (Å²) in [5.41, 5.74) is 2.43. The van der Waals surface area contributed by atoms with Gasteiger partial charge in [-0.25, -0.2) is 0 Å². The molecule has 2 aromatic carbocycles. The third-order valence-corrected chi connectivity index (χ3v) is 4.94. The number of carbonyl (C=O) groups is 1. The Hall–Kier alpha value is -3.04. The zero-order valence-corrected chi connectivity index (χ0v) is 15.7. The van der Waals surface area contributed by atoms with Crippen LogP contribution in [0.25, 0.3) is 0 Å². The summed E-state index contributed by atoms with van der Waals surface area (Å²) in [6.45, 7) is 5.29. The quantitative estimate of drug-likeness (QED) is 0.883. The van der Waals surface area contributed by atoms with Crippen molar-refractivity contribution in [2.45, 2.75) is 13.0 Å². The Balaban J connectivity index is 1.54. The van der Waals surface area contributed by atoms with E-state index in [-0.39, 0.29) is 11.9 Å². The molecule has 6 heteroatoms. The van der Waals surface area contributed by atoms with E-state index < -0.39 is 0 Å². The first-order chi connectivity index (χ1) is 13.1. The minimum absolute atomic E-state index is 0.0328. The topological polar surface area (TPSA) is 68.6 Å². The number of rotatable bonds is 5. The van der Waals surface area contributed by atoms with Gasteiger partial charge in [0.2, 0.25) is 5.91 Å². The second-order valence-corrected chi connectivity index (χ2v) is 6.58. The molecule has 0 aliphatic carbocycles. The number of benzene rings is 2. The maximum absolute atomic E-state index is 12.6. The van der Waals surface area contributed by atoms with Crippen LogP contribution in [0.3, 0.4) is 0 Å². The number of hydrogen-bond donors (Lipinski definition) is 1. The number of nitriles is 1. The molecule has 1 aliphatic heterocycles. The van der Waals surface area contributed by atoms with Crippen molar-refractivity contribution in [2.75, 3.05) is 43.5 Å². The van der Waals surface area contributed by atoms with Crippen molar-refractivity contribution in [3.8, 4) is 11.8 Å². The number of nitrogens with zero attached hydrogens (tertiary/aromatic N) is 3. The summed E-state index contributed by atoms with van der Waals surface area (Å²) in [6.07, 6.45) is 0. The number of methoxy groups -OCH3 is 1. The Morgan fingerprint density at radius 1 is 1.15 bits per heavy atom. The van der Waals surface area contributed by atoms with E-state index in [1.54, 1.807) is 31.4 Å². The van der Waals surface area contributed by atoms with Gasteiger partial charge in [-0.3, -0.25) is 9.69 Å². The van der Waals surface area contributed by atoms with Crippen molar-refractivity contribution in [3.63, 3.8) is 0 Å². The third kappa shape index (κ3) is 4.57. The SMILES string of the molecule is COc1cccc(N2CCN([C@@H](C)C(=O)Nc3ccc(C#N)cc3)CC2)c1. The predicted octanol–water partition coefficient (Wildman–Crippen LogP) is 2.72. The average molecular weight is 364 g/mol. The smallest absolute Gasteiger partial charge is 0.241 e. The van der Waals surface area contributed by atoms with Gasteiger partial charge < -0.3 is 15.0 Å². The zero-order valence-electron chi connectivity index (χ0n) is 15.7. The maximum Gasteiger partial charge on any atom is 0.241 e. The van der Waals surface area contributed by atoms with Gasteiger partial charge in [-0.2, -0.15) is 5.26 Å². The lowest BCUT2D eigenvalue weighted by atomic mass is 10.1. The average Bonchev–Trinajstić information content (AvgIpc) is 2.74. The molecule has 1 heterocycles. The van der Waals surface area contributed by atoms with Crippen LogP contribution in [-0.4, -0.2) is 50.1 Å². The summed E-state index contributed by atoms with van der Waals surface area (Å²) in [7, 11) is 1.67. The summed E-state index contributed by atoms with van der Waals surface area (Å²) in [6, 6.07) is 16.8. The number of nitrogens with one attached hydrogen (secondary N) is 1. The van der Waals surface area contributed by atoms with E-state index in [4.69, 9.17) is 10.00 Å². The van der Waals surface area contributed by atoms with Crippen molar-refractivity contribution in [1.82, 2.24) is 4.90 Å². The molecule has 0 aromatic heterocycles. The molecule has 1 amide bonds. The van der Waals surface area contributed by atoms with Crippen LogP contribution in [0, 0.1) is 11.3 Å². The number of carbonyl (C=O) groups excluding carboxylic acids is 1. The Kier molecular flexibility index (Phi) is 5.94. The van der Waals surface area contributed by atoms with E-state index in [1.807, 2.05) is 25.1 Å². The van der Waals surface area contributed by atoms with Crippen LogP contribution in [0.15, 0.2) is 48.5 Å². The zero-order chi connectivity index (χ0) is 19.2. The normalized spacial score (nSPS) is 15.7. The lowest BCUT2D eigenvalue weighted by Gasteiger charge is -2.38. The molecule has 6 nitrogen and oxygen atoms in total. The minimum Gasteiger partial charge on any atom is -0.497 e. The lowest BCUT2D eigenvalue weighted by Crippen LogP contribution is -2.52. The van der Waals surface area contributed by atoms with Crippen LogP contribution < -0.4 is 15.0 Å². The molecule has 0 bridgehead atoms. The molecule has 1 atom stereocenters. The molecule has 1 fully saturated rings. The summed E-state index contributed by atoms with van der Waals surface area (Å²) >= 11 is 0.